The number of likely N-dealkylation sites (tertiary alicyclic amines) is 1. The van der Waals surface area contributed by atoms with Crippen LogP contribution in [0.25, 0.3) is 11.5 Å². The van der Waals surface area contributed by atoms with Crippen molar-refractivity contribution in [1.82, 2.24) is 29.1 Å². The minimum absolute atomic E-state index is 0.0477. The Hall–Kier alpha value is -2.35. The van der Waals surface area contributed by atoms with Crippen LogP contribution in [0, 0.1) is 5.92 Å². The summed E-state index contributed by atoms with van der Waals surface area (Å²) in [5, 5.41) is 9.26. The van der Waals surface area contributed by atoms with Crippen molar-refractivity contribution in [2.24, 2.45) is 13.0 Å². The molecule has 0 bridgehead atoms. The Morgan fingerprint density at radius 1 is 1.17 bits per heavy atom. The Labute approximate surface area is 179 Å². The van der Waals surface area contributed by atoms with Gasteiger partial charge < -0.3 is 14.4 Å². The summed E-state index contributed by atoms with van der Waals surface area (Å²) >= 11 is 0. The molecule has 2 aliphatic rings. The summed E-state index contributed by atoms with van der Waals surface area (Å²) in [7, 11) is 2.05. The quantitative estimate of drug-likeness (QED) is 0.726. The lowest BCUT2D eigenvalue weighted by atomic mass is 10.1. The van der Waals surface area contributed by atoms with Gasteiger partial charge >= 0.3 is 0 Å². The second-order valence-corrected chi connectivity index (χ2v) is 8.83. The number of hydrogen-bond acceptors (Lipinski definition) is 5. The second kappa shape index (κ2) is 8.79. The van der Waals surface area contributed by atoms with E-state index in [9.17, 15) is 4.79 Å². The molecule has 2 aromatic heterocycles. The van der Waals surface area contributed by atoms with Gasteiger partial charge in [-0.15, -0.1) is 10.2 Å². The van der Waals surface area contributed by atoms with E-state index < -0.39 is 0 Å². The number of likely N-dealkylation sites (N-methyl/N-ethyl adjacent to an activating group) is 1. The molecule has 0 radical (unpaired) electrons. The van der Waals surface area contributed by atoms with E-state index in [-0.39, 0.29) is 11.8 Å². The zero-order valence-electron chi connectivity index (χ0n) is 18.8. The molecule has 164 valence electrons. The molecule has 2 fully saturated rings. The fourth-order valence-electron chi connectivity index (χ4n) is 4.80. The average Bonchev–Trinajstić information content (AvgIpc) is 3.47. The number of aryl methyl sites for hydroxylation is 1. The topological polar surface area (TPSA) is 62.4 Å². The van der Waals surface area contributed by atoms with E-state index in [0.717, 1.165) is 56.7 Å². The highest BCUT2D eigenvalue weighted by molar-refractivity contribution is 5.78. The SMILES string of the molecule is CCN1CCCC1Cn1c(-c2cccn2C)nnc1N1CCN(C(=O)C(C)C)CC1. The van der Waals surface area contributed by atoms with E-state index in [2.05, 4.69) is 61.4 Å². The highest BCUT2D eigenvalue weighted by atomic mass is 16.2. The molecule has 4 heterocycles. The summed E-state index contributed by atoms with van der Waals surface area (Å²) in [6.45, 7) is 12.4. The molecule has 0 aromatic carbocycles. The molecule has 0 saturated carbocycles. The summed E-state index contributed by atoms with van der Waals surface area (Å²) in [4.78, 5) is 19.2. The first kappa shape index (κ1) is 20.9. The number of amides is 1. The summed E-state index contributed by atoms with van der Waals surface area (Å²) in [6, 6.07) is 4.68. The van der Waals surface area contributed by atoms with Crippen molar-refractivity contribution in [3.63, 3.8) is 0 Å². The summed E-state index contributed by atoms with van der Waals surface area (Å²) in [5.41, 5.74) is 1.09. The lowest BCUT2D eigenvalue weighted by Gasteiger charge is -2.36. The number of anilines is 1. The van der Waals surface area contributed by atoms with Crippen molar-refractivity contribution < 1.29 is 4.79 Å². The third-order valence-corrected chi connectivity index (χ3v) is 6.57. The molecule has 8 nitrogen and oxygen atoms in total. The molecular formula is C22H35N7O. The maximum atomic E-state index is 12.4. The summed E-state index contributed by atoms with van der Waals surface area (Å²) in [5.74, 6) is 2.16. The Morgan fingerprint density at radius 3 is 2.57 bits per heavy atom. The van der Waals surface area contributed by atoms with Gasteiger partial charge in [0, 0.05) is 57.9 Å². The third kappa shape index (κ3) is 3.97. The van der Waals surface area contributed by atoms with Crippen molar-refractivity contribution in [2.75, 3.05) is 44.2 Å². The van der Waals surface area contributed by atoms with Crippen LogP contribution in [-0.4, -0.2) is 80.3 Å². The Bertz CT molecular complexity index is 863. The first-order valence-electron chi connectivity index (χ1n) is 11.3. The van der Waals surface area contributed by atoms with Crippen molar-refractivity contribution in [2.45, 2.75) is 46.2 Å². The van der Waals surface area contributed by atoms with Gasteiger partial charge in [0.05, 0.1) is 5.69 Å². The van der Waals surface area contributed by atoms with Gasteiger partial charge in [0.25, 0.3) is 0 Å². The average molecular weight is 414 g/mol. The fraction of sp³-hybridized carbons (Fsp3) is 0.682. The molecule has 2 saturated heterocycles. The summed E-state index contributed by atoms with van der Waals surface area (Å²) in [6.07, 6.45) is 4.53. The number of piperazine rings is 1. The fourth-order valence-corrected chi connectivity index (χ4v) is 4.80. The van der Waals surface area contributed by atoms with Gasteiger partial charge in [-0.25, -0.2) is 0 Å². The largest absolute Gasteiger partial charge is 0.348 e. The van der Waals surface area contributed by atoms with Crippen molar-refractivity contribution >= 4 is 11.9 Å². The zero-order valence-corrected chi connectivity index (χ0v) is 18.8. The van der Waals surface area contributed by atoms with E-state index in [0.29, 0.717) is 6.04 Å². The highest BCUT2D eigenvalue weighted by Gasteiger charge is 2.30. The van der Waals surface area contributed by atoms with Gasteiger partial charge in [-0.05, 0) is 38.1 Å². The Morgan fingerprint density at radius 2 is 1.93 bits per heavy atom. The molecule has 0 aliphatic carbocycles. The number of hydrogen-bond donors (Lipinski definition) is 0. The first-order chi connectivity index (χ1) is 14.5. The normalized spacial score (nSPS) is 20.5. The van der Waals surface area contributed by atoms with Crippen LogP contribution >= 0.6 is 0 Å². The van der Waals surface area contributed by atoms with Gasteiger partial charge in [-0.1, -0.05) is 20.8 Å². The van der Waals surface area contributed by atoms with Crippen molar-refractivity contribution in [3.05, 3.63) is 18.3 Å². The number of nitrogens with zero attached hydrogens (tertiary/aromatic N) is 7. The molecule has 4 rings (SSSR count). The van der Waals surface area contributed by atoms with Gasteiger partial charge in [-0.2, -0.15) is 0 Å². The molecule has 1 unspecified atom stereocenters. The first-order valence-corrected chi connectivity index (χ1v) is 11.3. The number of carbonyl (C=O) groups is 1. The molecule has 8 heteroatoms. The molecule has 0 spiro atoms. The third-order valence-electron chi connectivity index (χ3n) is 6.57. The highest BCUT2D eigenvalue weighted by Crippen LogP contribution is 2.27. The molecule has 2 aliphatic heterocycles. The van der Waals surface area contributed by atoms with E-state index in [4.69, 9.17) is 0 Å². The maximum absolute atomic E-state index is 12.4. The van der Waals surface area contributed by atoms with Crippen molar-refractivity contribution in [1.29, 1.82) is 0 Å². The summed E-state index contributed by atoms with van der Waals surface area (Å²) < 4.78 is 4.42. The molecule has 30 heavy (non-hydrogen) atoms. The lowest BCUT2D eigenvalue weighted by Crippen LogP contribution is -2.50. The van der Waals surface area contributed by atoms with Crippen LogP contribution in [0.4, 0.5) is 5.95 Å². The van der Waals surface area contributed by atoms with Crippen LogP contribution in [0.3, 0.4) is 0 Å². The standard InChI is InChI=1S/C22H35N7O/c1-5-26-11-6-8-18(26)16-29-20(19-9-7-10-25(19)4)23-24-22(29)28-14-12-27(13-15-28)21(30)17(2)3/h7,9-10,17-18H,5-6,8,11-16H2,1-4H3. The molecular weight excluding hydrogens is 378 g/mol. The molecule has 2 aromatic rings. The minimum Gasteiger partial charge on any atom is -0.348 e. The molecule has 1 atom stereocenters. The van der Waals surface area contributed by atoms with E-state index >= 15 is 0 Å². The lowest BCUT2D eigenvalue weighted by molar-refractivity contribution is -0.134. The zero-order chi connectivity index (χ0) is 21.3. The van der Waals surface area contributed by atoms with Crippen LogP contribution in [-0.2, 0) is 18.4 Å². The second-order valence-electron chi connectivity index (χ2n) is 8.83. The van der Waals surface area contributed by atoms with Crippen LogP contribution in [0.2, 0.25) is 0 Å². The van der Waals surface area contributed by atoms with Crippen LogP contribution in [0.5, 0.6) is 0 Å². The number of rotatable bonds is 6. The maximum Gasteiger partial charge on any atom is 0.227 e. The van der Waals surface area contributed by atoms with Gasteiger partial charge in [0.15, 0.2) is 5.82 Å². The number of carbonyl (C=O) groups excluding carboxylic acids is 1. The molecule has 0 N–H and O–H groups in total. The van der Waals surface area contributed by atoms with Crippen molar-refractivity contribution in [3.8, 4) is 11.5 Å². The Kier molecular flexibility index (Phi) is 6.13. The Balaban J connectivity index is 1.60. The smallest absolute Gasteiger partial charge is 0.227 e. The monoisotopic (exact) mass is 413 g/mol. The number of aromatic nitrogens is 4. The van der Waals surface area contributed by atoms with Gasteiger partial charge in [0.2, 0.25) is 11.9 Å². The van der Waals surface area contributed by atoms with E-state index in [1.807, 2.05) is 18.7 Å². The molecule has 1 amide bonds. The van der Waals surface area contributed by atoms with Crippen LogP contribution in [0.1, 0.15) is 33.6 Å². The van der Waals surface area contributed by atoms with Crippen LogP contribution < -0.4 is 4.90 Å². The van der Waals surface area contributed by atoms with Gasteiger partial charge in [0.1, 0.15) is 0 Å². The minimum atomic E-state index is 0.0477. The van der Waals surface area contributed by atoms with E-state index in [1.54, 1.807) is 0 Å². The van der Waals surface area contributed by atoms with E-state index in [1.165, 1.54) is 19.4 Å². The van der Waals surface area contributed by atoms with Gasteiger partial charge in [-0.3, -0.25) is 14.3 Å². The predicted molar refractivity (Wildman–Crippen MR) is 118 cm³/mol. The van der Waals surface area contributed by atoms with Crippen LogP contribution in [0.15, 0.2) is 18.3 Å². The predicted octanol–water partition coefficient (Wildman–Crippen LogP) is 2.07.